The number of aryl methyl sites for hydroxylation is 1. The molecule has 1 aliphatic rings. The van der Waals surface area contributed by atoms with E-state index in [0.29, 0.717) is 11.6 Å². The number of hydrogen-bond acceptors (Lipinski definition) is 3. The number of anilines is 1. The number of nitrogens with zero attached hydrogens (tertiary/aromatic N) is 2. The van der Waals surface area contributed by atoms with Gasteiger partial charge in [0.2, 0.25) is 0 Å². The van der Waals surface area contributed by atoms with Gasteiger partial charge in [0.05, 0.1) is 10.6 Å². The highest BCUT2D eigenvalue weighted by Gasteiger charge is 2.19. The van der Waals surface area contributed by atoms with E-state index in [-0.39, 0.29) is 4.90 Å². The molecule has 3 rings (SSSR count). The Balaban J connectivity index is 1.97. The van der Waals surface area contributed by atoms with Gasteiger partial charge in [0, 0.05) is 6.20 Å². The Morgan fingerprint density at radius 1 is 1.09 bits per heavy atom. The number of sulfonamides is 1. The zero-order valence-corrected chi connectivity index (χ0v) is 13.6. The van der Waals surface area contributed by atoms with Gasteiger partial charge in [-0.2, -0.15) is 8.42 Å². The Kier molecular flexibility index (Phi) is 3.92. The van der Waals surface area contributed by atoms with Crippen molar-refractivity contribution in [1.82, 2.24) is 0 Å². The summed E-state index contributed by atoms with van der Waals surface area (Å²) < 4.78 is 34.2. The second kappa shape index (κ2) is 5.89. The van der Waals surface area contributed by atoms with Crippen LogP contribution in [0.5, 0.6) is 5.75 Å². The van der Waals surface area contributed by atoms with E-state index in [0.717, 1.165) is 11.3 Å². The second-order valence-electron chi connectivity index (χ2n) is 5.17. The maximum absolute atomic E-state index is 12.4. The minimum atomic E-state index is -3.76. The van der Waals surface area contributed by atoms with Crippen LogP contribution in [0.1, 0.15) is 12.5 Å². The van der Waals surface area contributed by atoms with Gasteiger partial charge >= 0.3 is 0 Å². The lowest BCUT2D eigenvalue weighted by molar-refractivity contribution is 0.473. The monoisotopic (exact) mass is 328 g/mol. The van der Waals surface area contributed by atoms with Gasteiger partial charge < -0.3 is 4.74 Å². The van der Waals surface area contributed by atoms with Gasteiger partial charge in [-0.3, -0.25) is 4.90 Å². The predicted molar refractivity (Wildman–Crippen MR) is 90.2 cm³/mol. The van der Waals surface area contributed by atoms with Gasteiger partial charge in [-0.15, -0.1) is 4.40 Å². The third-order valence-electron chi connectivity index (χ3n) is 3.45. The highest BCUT2D eigenvalue weighted by molar-refractivity contribution is 7.90. The molecule has 0 unspecified atom stereocenters. The topological polar surface area (TPSA) is 59.0 Å². The summed E-state index contributed by atoms with van der Waals surface area (Å²) in [5.74, 6) is 0.995. The van der Waals surface area contributed by atoms with E-state index in [1.807, 2.05) is 31.2 Å². The Labute approximate surface area is 135 Å². The summed E-state index contributed by atoms with van der Waals surface area (Å²) in [6, 6.07) is 14.0. The van der Waals surface area contributed by atoms with Crippen molar-refractivity contribution in [1.29, 1.82) is 0 Å². The van der Waals surface area contributed by atoms with Crippen LogP contribution in [0, 0.1) is 6.92 Å². The second-order valence-corrected chi connectivity index (χ2v) is 6.77. The summed E-state index contributed by atoms with van der Waals surface area (Å²) in [5.41, 5.74) is 1.74. The van der Waals surface area contributed by atoms with Crippen LogP contribution >= 0.6 is 0 Å². The summed E-state index contributed by atoms with van der Waals surface area (Å²) in [6.45, 7) is 3.55. The molecule has 0 fully saturated rings. The zero-order chi connectivity index (χ0) is 16.4. The molecule has 6 heteroatoms. The molecule has 1 aliphatic heterocycles. The third kappa shape index (κ3) is 3.12. The van der Waals surface area contributed by atoms with Crippen LogP contribution in [0.25, 0.3) is 0 Å². The van der Waals surface area contributed by atoms with Crippen LogP contribution in [0.3, 0.4) is 0 Å². The van der Waals surface area contributed by atoms with Crippen molar-refractivity contribution in [3.8, 4) is 5.75 Å². The van der Waals surface area contributed by atoms with Crippen molar-refractivity contribution in [3.63, 3.8) is 0 Å². The molecule has 0 saturated heterocycles. The zero-order valence-electron chi connectivity index (χ0n) is 12.8. The SMILES string of the molecule is C/C(=N/S(=O)(=O)c1ccc(C)cc1)N1C=COc2ccccc21. The van der Waals surface area contributed by atoms with Gasteiger partial charge in [-0.25, -0.2) is 0 Å². The average molecular weight is 328 g/mol. The summed E-state index contributed by atoms with van der Waals surface area (Å²) in [4.78, 5) is 1.86. The van der Waals surface area contributed by atoms with E-state index in [1.165, 1.54) is 6.26 Å². The molecule has 0 aromatic heterocycles. The molecule has 0 spiro atoms. The largest absolute Gasteiger partial charge is 0.461 e. The maximum atomic E-state index is 12.4. The van der Waals surface area contributed by atoms with E-state index in [1.54, 1.807) is 42.3 Å². The van der Waals surface area contributed by atoms with Gasteiger partial charge in [0.15, 0.2) is 5.75 Å². The first kappa shape index (κ1) is 15.3. The molecule has 0 saturated carbocycles. The van der Waals surface area contributed by atoms with Crippen molar-refractivity contribution < 1.29 is 13.2 Å². The van der Waals surface area contributed by atoms with E-state index in [2.05, 4.69) is 4.40 Å². The molecular weight excluding hydrogens is 312 g/mol. The molecule has 0 atom stereocenters. The molecule has 5 nitrogen and oxygen atoms in total. The van der Waals surface area contributed by atoms with Crippen LogP contribution < -0.4 is 9.64 Å². The van der Waals surface area contributed by atoms with Crippen molar-refractivity contribution in [2.75, 3.05) is 4.90 Å². The molecule has 0 amide bonds. The molecule has 1 heterocycles. The number of hydrogen-bond donors (Lipinski definition) is 0. The van der Waals surface area contributed by atoms with Crippen LogP contribution in [0.4, 0.5) is 5.69 Å². The Morgan fingerprint density at radius 2 is 1.78 bits per heavy atom. The fourth-order valence-corrected chi connectivity index (χ4v) is 3.29. The summed E-state index contributed by atoms with van der Waals surface area (Å²) >= 11 is 0. The van der Waals surface area contributed by atoms with Crippen LogP contribution in [-0.2, 0) is 10.0 Å². The molecule has 0 aliphatic carbocycles. The standard InChI is InChI=1S/C17H16N2O3S/c1-13-7-9-15(10-8-13)23(20,21)18-14(2)19-11-12-22-17-6-4-3-5-16(17)19/h3-12H,1-2H3/b18-14-. The van der Waals surface area contributed by atoms with Crippen molar-refractivity contribution in [2.45, 2.75) is 18.7 Å². The molecule has 0 radical (unpaired) electrons. The smallest absolute Gasteiger partial charge is 0.283 e. The third-order valence-corrected chi connectivity index (χ3v) is 4.82. The average Bonchev–Trinajstić information content (AvgIpc) is 2.54. The first-order valence-electron chi connectivity index (χ1n) is 7.07. The fraction of sp³-hybridized carbons (Fsp3) is 0.118. The molecule has 23 heavy (non-hydrogen) atoms. The first-order valence-corrected chi connectivity index (χ1v) is 8.51. The van der Waals surface area contributed by atoms with Crippen LogP contribution in [0.2, 0.25) is 0 Å². The van der Waals surface area contributed by atoms with E-state index in [9.17, 15) is 8.42 Å². The number of fused-ring (bicyclic) bond motifs is 1. The highest BCUT2D eigenvalue weighted by atomic mass is 32.2. The summed E-state index contributed by atoms with van der Waals surface area (Å²) in [7, 11) is -3.76. The Morgan fingerprint density at radius 3 is 2.52 bits per heavy atom. The van der Waals surface area contributed by atoms with Crippen molar-refractivity contribution >= 4 is 21.5 Å². The quantitative estimate of drug-likeness (QED) is 0.625. The van der Waals surface area contributed by atoms with E-state index in [4.69, 9.17) is 4.74 Å². The number of amidine groups is 1. The number of benzene rings is 2. The molecule has 2 aromatic rings. The molecule has 0 bridgehead atoms. The molecular formula is C17H16N2O3S. The minimum Gasteiger partial charge on any atom is -0.461 e. The molecule has 0 N–H and O–H groups in total. The van der Waals surface area contributed by atoms with Crippen LogP contribution in [-0.4, -0.2) is 14.3 Å². The van der Waals surface area contributed by atoms with Gasteiger partial charge in [0.25, 0.3) is 10.0 Å². The van der Waals surface area contributed by atoms with E-state index >= 15 is 0 Å². The first-order chi connectivity index (χ1) is 11.0. The number of para-hydroxylation sites is 2. The number of rotatable bonds is 2. The van der Waals surface area contributed by atoms with E-state index < -0.39 is 10.0 Å². The predicted octanol–water partition coefficient (Wildman–Crippen LogP) is 3.47. The van der Waals surface area contributed by atoms with Crippen molar-refractivity contribution in [3.05, 3.63) is 66.6 Å². The van der Waals surface area contributed by atoms with Gasteiger partial charge in [0.1, 0.15) is 12.1 Å². The maximum Gasteiger partial charge on any atom is 0.283 e. The fourth-order valence-electron chi connectivity index (χ4n) is 2.26. The van der Waals surface area contributed by atoms with Crippen molar-refractivity contribution in [2.24, 2.45) is 4.40 Å². The lowest BCUT2D eigenvalue weighted by Crippen LogP contribution is -2.26. The minimum absolute atomic E-state index is 0.174. The Hall–Kier alpha value is -2.60. The highest BCUT2D eigenvalue weighted by Crippen LogP contribution is 2.32. The summed E-state index contributed by atoms with van der Waals surface area (Å²) in [6.07, 6.45) is 3.14. The number of ether oxygens (including phenoxy) is 1. The van der Waals surface area contributed by atoms with Gasteiger partial charge in [-0.1, -0.05) is 29.8 Å². The lowest BCUT2D eigenvalue weighted by atomic mass is 10.2. The summed E-state index contributed by atoms with van der Waals surface area (Å²) in [5, 5.41) is 0. The van der Waals surface area contributed by atoms with Gasteiger partial charge in [-0.05, 0) is 38.1 Å². The molecule has 118 valence electrons. The van der Waals surface area contributed by atoms with Crippen LogP contribution in [0.15, 0.2) is 70.3 Å². The Bertz CT molecular complexity index is 884. The molecule has 2 aromatic carbocycles. The normalized spacial score (nSPS) is 14.3. The lowest BCUT2D eigenvalue weighted by Gasteiger charge is -2.25.